The minimum Gasteiger partial charge on any atom is -0.373 e. The highest BCUT2D eigenvalue weighted by atomic mass is 32.2. The maximum Gasteiger partial charge on any atom is 0.223 e. The molecule has 0 saturated carbocycles. The summed E-state index contributed by atoms with van der Waals surface area (Å²) >= 11 is 0. The SMILES string of the molecule is CS(=O)(=O)CCC(=O)N1CCOC(CN)C1. The van der Waals surface area contributed by atoms with Crippen LogP contribution in [0.15, 0.2) is 0 Å². The second kappa shape index (κ2) is 5.60. The van der Waals surface area contributed by atoms with Crippen LogP contribution in [0.1, 0.15) is 6.42 Å². The fourth-order valence-corrected chi connectivity index (χ4v) is 2.06. The number of nitrogens with zero attached hydrogens (tertiary/aromatic N) is 1. The molecule has 6 nitrogen and oxygen atoms in total. The van der Waals surface area contributed by atoms with Gasteiger partial charge in [0.05, 0.1) is 18.5 Å². The highest BCUT2D eigenvalue weighted by molar-refractivity contribution is 7.90. The van der Waals surface area contributed by atoms with Crippen LogP contribution in [-0.2, 0) is 19.4 Å². The topological polar surface area (TPSA) is 89.7 Å². The van der Waals surface area contributed by atoms with E-state index in [1.54, 1.807) is 4.90 Å². The average molecular weight is 250 g/mol. The van der Waals surface area contributed by atoms with Crippen molar-refractivity contribution < 1.29 is 17.9 Å². The zero-order valence-corrected chi connectivity index (χ0v) is 10.2. The van der Waals surface area contributed by atoms with Gasteiger partial charge in [0, 0.05) is 32.3 Å². The first kappa shape index (κ1) is 13.4. The van der Waals surface area contributed by atoms with E-state index in [0.29, 0.717) is 26.2 Å². The van der Waals surface area contributed by atoms with E-state index in [0.717, 1.165) is 6.26 Å². The molecule has 2 N–H and O–H groups in total. The van der Waals surface area contributed by atoms with E-state index in [9.17, 15) is 13.2 Å². The summed E-state index contributed by atoms with van der Waals surface area (Å²) in [7, 11) is -3.08. The third-order valence-corrected chi connectivity index (χ3v) is 3.39. The number of carbonyl (C=O) groups is 1. The molecule has 1 aliphatic rings. The Hall–Kier alpha value is -0.660. The maximum absolute atomic E-state index is 11.7. The summed E-state index contributed by atoms with van der Waals surface area (Å²) in [5.41, 5.74) is 5.45. The Morgan fingerprint density at radius 3 is 2.81 bits per heavy atom. The third-order valence-electron chi connectivity index (χ3n) is 2.44. The number of amides is 1. The molecule has 0 spiro atoms. The summed E-state index contributed by atoms with van der Waals surface area (Å²) in [5.74, 6) is -0.247. The lowest BCUT2D eigenvalue weighted by atomic mass is 10.2. The Morgan fingerprint density at radius 2 is 2.25 bits per heavy atom. The molecule has 94 valence electrons. The molecule has 7 heteroatoms. The molecule has 1 rings (SSSR count). The molecular formula is C9H18N2O4S. The van der Waals surface area contributed by atoms with Gasteiger partial charge in [-0.2, -0.15) is 0 Å². The smallest absolute Gasteiger partial charge is 0.223 e. The van der Waals surface area contributed by atoms with Gasteiger partial charge in [0.15, 0.2) is 0 Å². The summed E-state index contributed by atoms with van der Waals surface area (Å²) in [5, 5.41) is 0. The van der Waals surface area contributed by atoms with Crippen molar-refractivity contribution in [3.63, 3.8) is 0 Å². The molecule has 1 fully saturated rings. The van der Waals surface area contributed by atoms with Crippen LogP contribution in [-0.4, -0.2) is 63.6 Å². The largest absolute Gasteiger partial charge is 0.373 e. The lowest BCUT2D eigenvalue weighted by molar-refractivity contribution is -0.137. The zero-order valence-electron chi connectivity index (χ0n) is 9.39. The molecular weight excluding hydrogens is 232 g/mol. The molecule has 0 aromatic carbocycles. The zero-order chi connectivity index (χ0) is 12.2. The van der Waals surface area contributed by atoms with E-state index in [-0.39, 0.29) is 24.2 Å². The number of carbonyl (C=O) groups excluding carboxylic acids is 1. The first-order valence-corrected chi connectivity index (χ1v) is 7.25. The monoisotopic (exact) mass is 250 g/mol. The molecule has 0 bridgehead atoms. The first-order valence-electron chi connectivity index (χ1n) is 5.19. The van der Waals surface area contributed by atoms with Crippen molar-refractivity contribution in [1.29, 1.82) is 0 Å². The number of hydrogen-bond acceptors (Lipinski definition) is 5. The van der Waals surface area contributed by atoms with Gasteiger partial charge in [-0.3, -0.25) is 4.79 Å². The molecule has 1 atom stereocenters. The van der Waals surface area contributed by atoms with E-state index in [1.807, 2.05) is 0 Å². The Morgan fingerprint density at radius 1 is 1.56 bits per heavy atom. The van der Waals surface area contributed by atoms with Crippen LogP contribution >= 0.6 is 0 Å². The number of hydrogen-bond donors (Lipinski definition) is 1. The van der Waals surface area contributed by atoms with Gasteiger partial charge < -0.3 is 15.4 Å². The number of morpholine rings is 1. The molecule has 0 radical (unpaired) electrons. The number of sulfone groups is 1. The van der Waals surface area contributed by atoms with Gasteiger partial charge in [0.25, 0.3) is 0 Å². The second-order valence-corrected chi connectivity index (χ2v) is 6.21. The van der Waals surface area contributed by atoms with Crippen LogP contribution in [0, 0.1) is 0 Å². The van der Waals surface area contributed by atoms with Crippen molar-refractivity contribution in [2.75, 3.05) is 38.2 Å². The van der Waals surface area contributed by atoms with Crippen LogP contribution in [0.4, 0.5) is 0 Å². The van der Waals surface area contributed by atoms with Crippen LogP contribution in [0.3, 0.4) is 0 Å². The van der Waals surface area contributed by atoms with Crippen molar-refractivity contribution in [2.24, 2.45) is 5.73 Å². The maximum atomic E-state index is 11.7. The van der Waals surface area contributed by atoms with Gasteiger partial charge in [0.2, 0.25) is 5.91 Å². The number of ether oxygens (including phenoxy) is 1. The normalized spacial score (nSPS) is 22.1. The standard InChI is InChI=1S/C9H18N2O4S/c1-16(13,14)5-2-9(12)11-3-4-15-8(6-10)7-11/h8H,2-7,10H2,1H3. The van der Waals surface area contributed by atoms with Crippen molar-refractivity contribution in [1.82, 2.24) is 4.90 Å². The van der Waals surface area contributed by atoms with E-state index in [2.05, 4.69) is 0 Å². The highest BCUT2D eigenvalue weighted by Gasteiger charge is 2.23. The molecule has 0 aliphatic carbocycles. The Labute approximate surface area is 95.7 Å². The summed E-state index contributed by atoms with van der Waals surface area (Å²) in [4.78, 5) is 13.3. The van der Waals surface area contributed by atoms with E-state index in [4.69, 9.17) is 10.5 Å². The van der Waals surface area contributed by atoms with Gasteiger partial charge >= 0.3 is 0 Å². The minimum atomic E-state index is -3.08. The van der Waals surface area contributed by atoms with Crippen molar-refractivity contribution in [2.45, 2.75) is 12.5 Å². The summed E-state index contributed by atoms with van der Waals surface area (Å²) in [6.07, 6.45) is 1.04. The van der Waals surface area contributed by atoms with E-state index in [1.165, 1.54) is 0 Å². The molecule has 16 heavy (non-hydrogen) atoms. The van der Waals surface area contributed by atoms with Gasteiger partial charge in [0.1, 0.15) is 9.84 Å². The molecule has 1 saturated heterocycles. The number of nitrogens with two attached hydrogens (primary N) is 1. The predicted octanol–water partition coefficient (Wildman–Crippen LogP) is -1.39. The lowest BCUT2D eigenvalue weighted by Crippen LogP contribution is -2.48. The lowest BCUT2D eigenvalue weighted by Gasteiger charge is -2.32. The van der Waals surface area contributed by atoms with Crippen LogP contribution < -0.4 is 5.73 Å². The summed E-state index contributed by atoms with van der Waals surface area (Å²) in [6.45, 7) is 1.81. The van der Waals surface area contributed by atoms with Gasteiger partial charge in [-0.15, -0.1) is 0 Å². The van der Waals surface area contributed by atoms with Crippen LogP contribution in [0.25, 0.3) is 0 Å². The quantitative estimate of drug-likeness (QED) is 0.663. The average Bonchev–Trinajstić information content (AvgIpc) is 2.25. The molecule has 1 amide bonds. The second-order valence-electron chi connectivity index (χ2n) is 3.95. The molecule has 1 heterocycles. The summed E-state index contributed by atoms with van der Waals surface area (Å²) < 4.78 is 27.2. The number of rotatable bonds is 4. The Kier molecular flexibility index (Phi) is 4.69. The molecule has 0 aromatic heterocycles. The van der Waals surface area contributed by atoms with E-state index >= 15 is 0 Å². The van der Waals surface area contributed by atoms with Crippen molar-refractivity contribution >= 4 is 15.7 Å². The molecule has 1 unspecified atom stereocenters. The molecule has 1 aliphatic heterocycles. The Bertz CT molecular complexity index is 341. The highest BCUT2D eigenvalue weighted by Crippen LogP contribution is 2.06. The predicted molar refractivity (Wildman–Crippen MR) is 59.7 cm³/mol. The fourth-order valence-electron chi connectivity index (χ4n) is 1.52. The van der Waals surface area contributed by atoms with Gasteiger partial charge in [-0.05, 0) is 0 Å². The fraction of sp³-hybridized carbons (Fsp3) is 0.889. The van der Waals surface area contributed by atoms with Crippen LogP contribution in [0.2, 0.25) is 0 Å². The van der Waals surface area contributed by atoms with Crippen molar-refractivity contribution in [3.05, 3.63) is 0 Å². The van der Waals surface area contributed by atoms with Gasteiger partial charge in [-0.1, -0.05) is 0 Å². The Balaban J connectivity index is 2.41. The van der Waals surface area contributed by atoms with E-state index < -0.39 is 9.84 Å². The third kappa shape index (κ3) is 4.46. The van der Waals surface area contributed by atoms with Crippen molar-refractivity contribution in [3.8, 4) is 0 Å². The summed E-state index contributed by atoms with van der Waals surface area (Å²) in [6, 6.07) is 0. The minimum absolute atomic E-state index is 0.0378. The first-order chi connectivity index (χ1) is 7.42. The molecule has 0 aromatic rings. The van der Waals surface area contributed by atoms with Crippen LogP contribution in [0.5, 0.6) is 0 Å². The van der Waals surface area contributed by atoms with Gasteiger partial charge in [-0.25, -0.2) is 8.42 Å².